The number of nitrogens with zero attached hydrogens (tertiary/aromatic N) is 1. The number of aryl methyl sites for hydroxylation is 1. The average molecular weight is 220 g/mol. The van der Waals surface area contributed by atoms with Gasteiger partial charge in [0.2, 0.25) is 0 Å². The largest absolute Gasteiger partial charge is 0.370 e. The lowest BCUT2D eigenvalue weighted by atomic mass is 10.1. The Hall–Kier alpha value is -1.06. The Morgan fingerprint density at radius 1 is 1.44 bits per heavy atom. The predicted molar refractivity (Wildman–Crippen MR) is 66.8 cm³/mol. The molecule has 0 aliphatic carbocycles. The molecule has 3 nitrogen and oxygen atoms in total. The van der Waals surface area contributed by atoms with Crippen LogP contribution in [0.15, 0.2) is 24.3 Å². The number of nitrogens with two attached hydrogens (primary N) is 1. The van der Waals surface area contributed by atoms with Gasteiger partial charge in [0.1, 0.15) is 0 Å². The van der Waals surface area contributed by atoms with Gasteiger partial charge in [-0.1, -0.05) is 12.1 Å². The predicted octanol–water partition coefficient (Wildman–Crippen LogP) is 1.55. The Kier molecular flexibility index (Phi) is 3.46. The normalized spacial score (nSPS) is 25.8. The van der Waals surface area contributed by atoms with Gasteiger partial charge >= 0.3 is 0 Å². The highest BCUT2D eigenvalue weighted by atomic mass is 16.5. The van der Waals surface area contributed by atoms with Crippen LogP contribution in [0.1, 0.15) is 12.5 Å². The van der Waals surface area contributed by atoms with Crippen molar-refractivity contribution in [2.75, 3.05) is 24.5 Å². The maximum absolute atomic E-state index is 5.75. The van der Waals surface area contributed by atoms with Crippen LogP contribution in [0.3, 0.4) is 0 Å². The molecule has 0 bridgehead atoms. The third-order valence-corrected chi connectivity index (χ3v) is 2.96. The molecule has 1 saturated heterocycles. The van der Waals surface area contributed by atoms with Crippen LogP contribution >= 0.6 is 0 Å². The van der Waals surface area contributed by atoms with Crippen molar-refractivity contribution in [2.45, 2.75) is 26.1 Å². The zero-order valence-corrected chi connectivity index (χ0v) is 10.0. The van der Waals surface area contributed by atoms with Gasteiger partial charge in [0.05, 0.1) is 12.2 Å². The molecule has 3 heteroatoms. The van der Waals surface area contributed by atoms with E-state index in [0.717, 1.165) is 13.1 Å². The standard InChI is InChI=1S/C13H20N2O/c1-10-4-3-5-12(6-10)15-8-11(2)16-13(7-14)9-15/h3-6,11,13H,7-9,14H2,1-2H3. The quantitative estimate of drug-likeness (QED) is 0.821. The molecule has 1 heterocycles. The van der Waals surface area contributed by atoms with Gasteiger partial charge in [0, 0.05) is 25.3 Å². The summed E-state index contributed by atoms with van der Waals surface area (Å²) < 4.78 is 5.75. The summed E-state index contributed by atoms with van der Waals surface area (Å²) in [5, 5.41) is 0. The minimum Gasteiger partial charge on any atom is -0.370 e. The molecule has 1 aliphatic heterocycles. The summed E-state index contributed by atoms with van der Waals surface area (Å²) >= 11 is 0. The van der Waals surface area contributed by atoms with Crippen molar-refractivity contribution in [3.63, 3.8) is 0 Å². The zero-order chi connectivity index (χ0) is 11.5. The number of hydrogen-bond acceptors (Lipinski definition) is 3. The average Bonchev–Trinajstić information content (AvgIpc) is 2.28. The summed E-state index contributed by atoms with van der Waals surface area (Å²) in [4.78, 5) is 2.36. The molecule has 0 radical (unpaired) electrons. The first-order chi connectivity index (χ1) is 7.69. The molecule has 1 aromatic rings. The Bertz CT molecular complexity index is 354. The molecule has 2 N–H and O–H groups in total. The lowest BCUT2D eigenvalue weighted by molar-refractivity contribution is -0.0104. The molecule has 2 unspecified atom stereocenters. The topological polar surface area (TPSA) is 38.5 Å². The molecule has 1 fully saturated rings. The van der Waals surface area contributed by atoms with Crippen molar-refractivity contribution in [3.8, 4) is 0 Å². The highest BCUT2D eigenvalue weighted by Crippen LogP contribution is 2.20. The van der Waals surface area contributed by atoms with Crippen LogP contribution in [0.25, 0.3) is 0 Å². The molecule has 0 spiro atoms. The molecule has 0 amide bonds. The van der Waals surface area contributed by atoms with Crippen LogP contribution in [0.2, 0.25) is 0 Å². The first-order valence-electron chi connectivity index (χ1n) is 5.86. The number of rotatable bonds is 2. The van der Waals surface area contributed by atoms with Crippen LogP contribution in [0, 0.1) is 6.92 Å². The smallest absolute Gasteiger partial charge is 0.0876 e. The van der Waals surface area contributed by atoms with Crippen molar-refractivity contribution < 1.29 is 4.74 Å². The van der Waals surface area contributed by atoms with E-state index in [0.29, 0.717) is 6.54 Å². The molecule has 1 aromatic carbocycles. The van der Waals surface area contributed by atoms with Crippen molar-refractivity contribution in [1.82, 2.24) is 0 Å². The minimum atomic E-state index is 0.157. The molecule has 16 heavy (non-hydrogen) atoms. The Labute approximate surface area is 97.2 Å². The summed E-state index contributed by atoms with van der Waals surface area (Å²) in [5.41, 5.74) is 8.25. The third kappa shape index (κ3) is 2.54. The minimum absolute atomic E-state index is 0.157. The fourth-order valence-electron chi connectivity index (χ4n) is 2.21. The Balaban J connectivity index is 2.14. The van der Waals surface area contributed by atoms with Gasteiger partial charge in [-0.05, 0) is 31.5 Å². The van der Waals surface area contributed by atoms with Gasteiger partial charge in [0.15, 0.2) is 0 Å². The van der Waals surface area contributed by atoms with E-state index in [4.69, 9.17) is 10.5 Å². The maximum atomic E-state index is 5.75. The molecule has 1 aliphatic rings. The van der Waals surface area contributed by atoms with E-state index in [2.05, 4.69) is 43.0 Å². The molecule has 0 saturated carbocycles. The van der Waals surface area contributed by atoms with E-state index >= 15 is 0 Å². The Morgan fingerprint density at radius 3 is 2.94 bits per heavy atom. The highest BCUT2D eigenvalue weighted by Gasteiger charge is 2.24. The second-order valence-corrected chi connectivity index (χ2v) is 4.55. The van der Waals surface area contributed by atoms with E-state index in [-0.39, 0.29) is 12.2 Å². The van der Waals surface area contributed by atoms with Crippen LogP contribution in [0.4, 0.5) is 5.69 Å². The SMILES string of the molecule is Cc1cccc(N2CC(C)OC(CN)C2)c1. The van der Waals surface area contributed by atoms with E-state index < -0.39 is 0 Å². The molecule has 2 atom stereocenters. The van der Waals surface area contributed by atoms with Gasteiger partial charge in [-0.3, -0.25) is 0 Å². The second kappa shape index (κ2) is 4.85. The summed E-state index contributed by atoms with van der Waals surface area (Å²) in [6, 6.07) is 8.58. The maximum Gasteiger partial charge on any atom is 0.0876 e. The number of morpholine rings is 1. The van der Waals surface area contributed by atoms with E-state index in [9.17, 15) is 0 Å². The van der Waals surface area contributed by atoms with Crippen molar-refractivity contribution in [2.24, 2.45) is 5.73 Å². The Morgan fingerprint density at radius 2 is 2.25 bits per heavy atom. The van der Waals surface area contributed by atoms with E-state index in [1.165, 1.54) is 11.3 Å². The first-order valence-corrected chi connectivity index (χ1v) is 5.86. The number of benzene rings is 1. The van der Waals surface area contributed by atoms with Crippen LogP contribution in [-0.4, -0.2) is 31.8 Å². The molecular formula is C13H20N2O. The molecular weight excluding hydrogens is 200 g/mol. The molecule has 88 valence electrons. The lowest BCUT2D eigenvalue weighted by Crippen LogP contribution is -2.49. The monoisotopic (exact) mass is 220 g/mol. The second-order valence-electron chi connectivity index (χ2n) is 4.55. The van der Waals surface area contributed by atoms with Gasteiger partial charge in [-0.15, -0.1) is 0 Å². The van der Waals surface area contributed by atoms with E-state index in [1.807, 2.05) is 0 Å². The highest BCUT2D eigenvalue weighted by molar-refractivity contribution is 5.49. The van der Waals surface area contributed by atoms with Crippen molar-refractivity contribution >= 4 is 5.69 Å². The summed E-state index contributed by atoms with van der Waals surface area (Å²) in [5.74, 6) is 0. The van der Waals surface area contributed by atoms with Gasteiger partial charge in [-0.2, -0.15) is 0 Å². The van der Waals surface area contributed by atoms with E-state index in [1.54, 1.807) is 0 Å². The van der Waals surface area contributed by atoms with Gasteiger partial charge in [-0.25, -0.2) is 0 Å². The third-order valence-electron chi connectivity index (χ3n) is 2.96. The fourth-order valence-corrected chi connectivity index (χ4v) is 2.21. The van der Waals surface area contributed by atoms with Crippen LogP contribution in [0.5, 0.6) is 0 Å². The molecule has 2 rings (SSSR count). The first kappa shape index (κ1) is 11.4. The van der Waals surface area contributed by atoms with Crippen molar-refractivity contribution in [1.29, 1.82) is 0 Å². The summed E-state index contributed by atoms with van der Waals surface area (Å²) in [6.45, 7) is 6.65. The lowest BCUT2D eigenvalue weighted by Gasteiger charge is -2.37. The van der Waals surface area contributed by atoms with Crippen LogP contribution < -0.4 is 10.6 Å². The van der Waals surface area contributed by atoms with Crippen LogP contribution in [-0.2, 0) is 4.74 Å². The van der Waals surface area contributed by atoms with Gasteiger partial charge in [0.25, 0.3) is 0 Å². The number of ether oxygens (including phenoxy) is 1. The number of hydrogen-bond donors (Lipinski definition) is 1. The number of anilines is 1. The zero-order valence-electron chi connectivity index (χ0n) is 10.0. The fraction of sp³-hybridized carbons (Fsp3) is 0.538. The molecule has 0 aromatic heterocycles. The summed E-state index contributed by atoms with van der Waals surface area (Å²) in [6.07, 6.45) is 0.409. The van der Waals surface area contributed by atoms with Gasteiger partial charge < -0.3 is 15.4 Å². The summed E-state index contributed by atoms with van der Waals surface area (Å²) in [7, 11) is 0. The van der Waals surface area contributed by atoms with Crippen molar-refractivity contribution in [3.05, 3.63) is 29.8 Å².